The highest BCUT2D eigenvalue weighted by Gasteiger charge is 2.21. The van der Waals surface area contributed by atoms with Gasteiger partial charge in [0.1, 0.15) is 0 Å². The summed E-state index contributed by atoms with van der Waals surface area (Å²) in [7, 11) is 0. The first-order valence-corrected chi connectivity index (χ1v) is 5.50. The van der Waals surface area contributed by atoms with Crippen LogP contribution in [0.3, 0.4) is 0 Å². The predicted molar refractivity (Wildman–Crippen MR) is 63.5 cm³/mol. The van der Waals surface area contributed by atoms with Crippen LogP contribution in [0.4, 0.5) is 0 Å². The van der Waals surface area contributed by atoms with Crippen LogP contribution in [0.15, 0.2) is 0 Å². The molecule has 0 aromatic carbocycles. The zero-order valence-electron chi connectivity index (χ0n) is 10.6. The van der Waals surface area contributed by atoms with Crippen molar-refractivity contribution in [3.8, 4) is 0 Å². The number of hydrogen-bond acceptors (Lipinski definition) is 3. The smallest absolute Gasteiger partial charge is 0.237 e. The Balaban J connectivity index is 4.34. The molecule has 94 valence electrons. The fourth-order valence-electron chi connectivity index (χ4n) is 1.30. The van der Waals surface area contributed by atoms with E-state index in [0.29, 0.717) is 12.8 Å². The van der Waals surface area contributed by atoms with Gasteiger partial charge in [0.15, 0.2) is 0 Å². The van der Waals surface area contributed by atoms with E-state index in [1.807, 2.05) is 27.7 Å². The number of rotatable bonds is 6. The topological polar surface area (TPSA) is 89.4 Å². The summed E-state index contributed by atoms with van der Waals surface area (Å²) in [6.07, 6.45) is 0.933. The highest BCUT2D eigenvalue weighted by atomic mass is 16.2. The van der Waals surface area contributed by atoms with Crippen molar-refractivity contribution < 1.29 is 9.59 Å². The molecule has 0 saturated carbocycles. The minimum absolute atomic E-state index is 0.0263. The predicted octanol–water partition coefficient (Wildman–Crippen LogP) is 0.226. The summed E-state index contributed by atoms with van der Waals surface area (Å²) in [6.45, 7) is 7.42. The lowest BCUT2D eigenvalue weighted by atomic mass is 9.99. The number of primary amides is 1. The molecule has 5 heteroatoms. The van der Waals surface area contributed by atoms with Gasteiger partial charge < -0.3 is 16.4 Å². The average molecular weight is 229 g/mol. The molecule has 4 N–H and O–H groups in total. The van der Waals surface area contributed by atoms with Gasteiger partial charge in [-0.05, 0) is 34.1 Å². The maximum atomic E-state index is 11.8. The van der Waals surface area contributed by atoms with Crippen molar-refractivity contribution >= 4 is 11.8 Å². The second-order valence-corrected chi connectivity index (χ2v) is 5.07. The van der Waals surface area contributed by atoms with Crippen LogP contribution in [0.25, 0.3) is 0 Å². The van der Waals surface area contributed by atoms with E-state index in [9.17, 15) is 9.59 Å². The first-order valence-electron chi connectivity index (χ1n) is 5.50. The molecule has 0 heterocycles. The molecular formula is C11H23N3O2. The summed E-state index contributed by atoms with van der Waals surface area (Å²) < 4.78 is 0. The van der Waals surface area contributed by atoms with Crippen LogP contribution >= 0.6 is 0 Å². The molecule has 0 bridgehead atoms. The van der Waals surface area contributed by atoms with Crippen molar-refractivity contribution in [2.24, 2.45) is 11.5 Å². The van der Waals surface area contributed by atoms with Crippen LogP contribution in [-0.2, 0) is 9.59 Å². The lowest BCUT2D eigenvalue weighted by molar-refractivity contribution is -0.137. The van der Waals surface area contributed by atoms with Crippen LogP contribution < -0.4 is 11.5 Å². The van der Waals surface area contributed by atoms with Crippen molar-refractivity contribution in [3.63, 3.8) is 0 Å². The summed E-state index contributed by atoms with van der Waals surface area (Å²) in [4.78, 5) is 24.1. The third kappa shape index (κ3) is 6.40. The molecule has 0 unspecified atom stereocenters. The molecular weight excluding hydrogens is 206 g/mol. The molecule has 0 rings (SSSR count). The maximum Gasteiger partial charge on any atom is 0.237 e. The fourth-order valence-corrected chi connectivity index (χ4v) is 1.30. The van der Waals surface area contributed by atoms with Gasteiger partial charge in [0.05, 0.1) is 6.54 Å². The number of nitrogens with two attached hydrogens (primary N) is 2. The third-order valence-electron chi connectivity index (χ3n) is 2.25. The zero-order valence-corrected chi connectivity index (χ0v) is 10.6. The highest BCUT2D eigenvalue weighted by molar-refractivity contribution is 5.84. The molecule has 0 aliphatic carbocycles. The van der Waals surface area contributed by atoms with E-state index in [2.05, 4.69) is 0 Å². The van der Waals surface area contributed by atoms with E-state index in [-0.39, 0.29) is 24.0 Å². The Hall–Kier alpha value is -1.10. The van der Waals surface area contributed by atoms with E-state index in [4.69, 9.17) is 11.5 Å². The second kappa shape index (κ2) is 5.84. The molecule has 2 amide bonds. The molecule has 16 heavy (non-hydrogen) atoms. The van der Waals surface area contributed by atoms with Crippen LogP contribution in [0.2, 0.25) is 0 Å². The van der Waals surface area contributed by atoms with Crippen molar-refractivity contribution in [1.82, 2.24) is 4.90 Å². The Morgan fingerprint density at radius 2 is 1.81 bits per heavy atom. The Labute approximate surface area is 97.2 Å². The number of carbonyl (C=O) groups excluding carboxylic acids is 2. The van der Waals surface area contributed by atoms with Gasteiger partial charge in [0.25, 0.3) is 0 Å². The van der Waals surface area contributed by atoms with Gasteiger partial charge in [-0.25, -0.2) is 0 Å². The van der Waals surface area contributed by atoms with Crippen LogP contribution in [0, 0.1) is 0 Å². The number of amides is 2. The average Bonchev–Trinajstić information content (AvgIpc) is 2.08. The van der Waals surface area contributed by atoms with E-state index >= 15 is 0 Å². The Kier molecular flexibility index (Phi) is 5.44. The number of nitrogens with zero attached hydrogens (tertiary/aromatic N) is 1. The number of carbonyl (C=O) groups is 2. The molecule has 0 spiro atoms. The first-order chi connectivity index (χ1) is 7.13. The lowest BCUT2D eigenvalue weighted by Gasteiger charge is -2.27. The molecule has 0 atom stereocenters. The van der Waals surface area contributed by atoms with E-state index in [0.717, 1.165) is 0 Å². The quantitative estimate of drug-likeness (QED) is 0.683. The summed E-state index contributed by atoms with van der Waals surface area (Å²) in [6, 6.07) is -0.0270. The standard InChI is InChI=1S/C11H23N3O2/c1-8(2)14(7-9(12)15)10(16)5-6-11(3,4)13/h8H,5-7,13H2,1-4H3,(H2,12,15). The van der Waals surface area contributed by atoms with E-state index in [1.54, 1.807) is 0 Å². The molecule has 0 aromatic heterocycles. The molecule has 5 nitrogen and oxygen atoms in total. The maximum absolute atomic E-state index is 11.8. The minimum atomic E-state index is -0.492. The zero-order chi connectivity index (χ0) is 12.9. The molecule has 0 aliphatic rings. The summed E-state index contributed by atoms with van der Waals surface area (Å²) in [5.41, 5.74) is 10.5. The van der Waals surface area contributed by atoms with Gasteiger partial charge in [-0.3, -0.25) is 9.59 Å². The summed E-state index contributed by atoms with van der Waals surface area (Å²) >= 11 is 0. The van der Waals surface area contributed by atoms with Crippen molar-refractivity contribution in [1.29, 1.82) is 0 Å². The summed E-state index contributed by atoms with van der Waals surface area (Å²) in [5, 5.41) is 0. The SMILES string of the molecule is CC(C)N(CC(N)=O)C(=O)CCC(C)(C)N. The largest absolute Gasteiger partial charge is 0.368 e. The Morgan fingerprint density at radius 1 is 1.31 bits per heavy atom. The Bertz CT molecular complexity index is 256. The van der Waals surface area contributed by atoms with E-state index in [1.165, 1.54) is 4.90 Å². The molecule has 0 radical (unpaired) electrons. The monoisotopic (exact) mass is 229 g/mol. The minimum Gasteiger partial charge on any atom is -0.368 e. The second-order valence-electron chi connectivity index (χ2n) is 5.07. The normalized spacial score (nSPS) is 11.6. The fraction of sp³-hybridized carbons (Fsp3) is 0.818. The Morgan fingerprint density at radius 3 is 2.12 bits per heavy atom. The van der Waals surface area contributed by atoms with Crippen LogP contribution in [-0.4, -0.2) is 34.8 Å². The van der Waals surface area contributed by atoms with Crippen molar-refractivity contribution in [3.05, 3.63) is 0 Å². The van der Waals surface area contributed by atoms with Gasteiger partial charge in [-0.15, -0.1) is 0 Å². The van der Waals surface area contributed by atoms with Crippen LogP contribution in [0.1, 0.15) is 40.5 Å². The first kappa shape index (κ1) is 14.9. The van der Waals surface area contributed by atoms with Gasteiger partial charge in [0.2, 0.25) is 11.8 Å². The van der Waals surface area contributed by atoms with Gasteiger partial charge in [-0.2, -0.15) is 0 Å². The van der Waals surface area contributed by atoms with Gasteiger partial charge >= 0.3 is 0 Å². The molecule has 0 fully saturated rings. The van der Waals surface area contributed by atoms with Gasteiger partial charge in [0, 0.05) is 18.0 Å². The van der Waals surface area contributed by atoms with Crippen molar-refractivity contribution in [2.75, 3.05) is 6.54 Å². The van der Waals surface area contributed by atoms with E-state index < -0.39 is 5.91 Å². The van der Waals surface area contributed by atoms with Crippen LogP contribution in [0.5, 0.6) is 0 Å². The van der Waals surface area contributed by atoms with Gasteiger partial charge in [-0.1, -0.05) is 0 Å². The summed E-state index contributed by atoms with van der Waals surface area (Å²) in [5.74, 6) is -0.568. The highest BCUT2D eigenvalue weighted by Crippen LogP contribution is 2.10. The van der Waals surface area contributed by atoms with Crippen molar-refractivity contribution in [2.45, 2.75) is 52.1 Å². The molecule has 0 aromatic rings. The third-order valence-corrected chi connectivity index (χ3v) is 2.25. The lowest BCUT2D eigenvalue weighted by Crippen LogP contribution is -2.43. The molecule has 0 saturated heterocycles. The molecule has 0 aliphatic heterocycles. The number of hydrogen-bond donors (Lipinski definition) is 2.